The molecule has 0 aromatic rings. The van der Waals surface area contributed by atoms with Gasteiger partial charge < -0.3 is 4.84 Å². The lowest BCUT2D eigenvalue weighted by Crippen LogP contribution is -1.88. The summed E-state index contributed by atoms with van der Waals surface area (Å²) in [6.07, 6.45) is 0. The maximum absolute atomic E-state index is 9.82. The van der Waals surface area contributed by atoms with E-state index in [4.69, 9.17) is 0 Å². The van der Waals surface area contributed by atoms with Gasteiger partial charge in [-0.25, -0.2) is 4.79 Å². The van der Waals surface area contributed by atoms with Gasteiger partial charge in [-0.15, -0.1) is 0 Å². The second-order valence-corrected chi connectivity index (χ2v) is 0.832. The van der Waals surface area contributed by atoms with Crippen LogP contribution in [0, 0.1) is 0 Å². The smallest absolute Gasteiger partial charge is 0.310 e. The Hall–Kier alpha value is -1.08. The Morgan fingerprint density at radius 3 is 2.71 bits per heavy atom. The topological polar surface area (TPSA) is 38.7 Å². The van der Waals surface area contributed by atoms with Crippen molar-refractivity contribution in [3.8, 4) is 0 Å². The van der Waals surface area contributed by atoms with E-state index in [1.54, 1.807) is 0 Å². The summed E-state index contributed by atoms with van der Waals surface area (Å²) < 4.78 is 0. The molecule has 0 heterocycles. The summed E-state index contributed by atoms with van der Waals surface area (Å²) in [6.45, 7) is 4.31. The van der Waals surface area contributed by atoms with Crippen LogP contribution < -0.4 is 0 Å². The van der Waals surface area contributed by atoms with E-state index in [0.29, 0.717) is 0 Å². The zero-order valence-corrected chi connectivity index (χ0v) is 3.97. The zero-order valence-electron chi connectivity index (χ0n) is 3.97. The summed E-state index contributed by atoms with van der Waals surface area (Å²) in [5.74, 6) is 1.57. The van der Waals surface area contributed by atoms with Crippen LogP contribution in [-0.2, 0) is 9.63 Å². The lowest BCUT2D eigenvalue weighted by Gasteiger charge is -1.80. The standard InChI is InChI=1S/C4H5NO2/c1-3-5-7-4(2)6/h1H2,2H3. The number of carbonyl (C=O) groups is 1. The van der Waals surface area contributed by atoms with E-state index >= 15 is 0 Å². The molecule has 0 rings (SSSR count). The number of hydrogen-bond donors (Lipinski definition) is 0. The Morgan fingerprint density at radius 2 is 2.57 bits per heavy atom. The minimum absolute atomic E-state index is 0.462. The van der Waals surface area contributed by atoms with E-state index in [1.165, 1.54) is 6.92 Å². The number of rotatable bonds is 1. The number of carbonyl (C=O) groups excluding carboxylic acids is 1. The maximum atomic E-state index is 9.82. The van der Waals surface area contributed by atoms with Crippen LogP contribution in [0.2, 0.25) is 0 Å². The van der Waals surface area contributed by atoms with Crippen LogP contribution in [0.15, 0.2) is 11.7 Å². The zero-order chi connectivity index (χ0) is 5.70. The molecule has 0 N–H and O–H groups in total. The first-order chi connectivity index (χ1) is 3.27. The van der Waals surface area contributed by atoms with Crippen molar-refractivity contribution in [1.29, 1.82) is 0 Å². The highest BCUT2D eigenvalue weighted by Gasteiger charge is 1.82. The Kier molecular flexibility index (Phi) is 2.64. The van der Waals surface area contributed by atoms with Crippen molar-refractivity contribution in [3.05, 3.63) is 6.58 Å². The van der Waals surface area contributed by atoms with E-state index in [1.807, 2.05) is 5.87 Å². The van der Waals surface area contributed by atoms with Crippen LogP contribution in [0.25, 0.3) is 0 Å². The first kappa shape index (κ1) is 5.92. The molecule has 0 amide bonds. The quantitative estimate of drug-likeness (QED) is 0.270. The highest BCUT2D eigenvalue weighted by atomic mass is 16.7. The van der Waals surface area contributed by atoms with Crippen LogP contribution >= 0.6 is 0 Å². The Labute approximate surface area is 41.3 Å². The van der Waals surface area contributed by atoms with E-state index in [-0.39, 0.29) is 0 Å². The molecule has 38 valence electrons. The summed E-state index contributed by atoms with van der Waals surface area (Å²) in [4.78, 5) is 13.8. The minimum atomic E-state index is -0.462. The summed E-state index contributed by atoms with van der Waals surface area (Å²) in [5.41, 5.74) is 0. The van der Waals surface area contributed by atoms with Gasteiger partial charge in [0.2, 0.25) is 0 Å². The molecular weight excluding hydrogens is 94.0 g/mol. The molecule has 0 saturated carbocycles. The molecule has 3 heteroatoms. The average molecular weight is 99.1 g/mol. The maximum Gasteiger partial charge on any atom is 0.332 e. The predicted octanol–water partition coefficient (Wildman–Crippen LogP) is 0.320. The molecular formula is C4H5NO2. The summed E-state index contributed by atoms with van der Waals surface area (Å²) in [6, 6.07) is 0. The average Bonchev–Trinajstić information content (AvgIpc) is 1.61. The first-order valence-electron chi connectivity index (χ1n) is 1.67. The molecule has 0 aliphatic heterocycles. The molecule has 0 aliphatic carbocycles. The Bertz CT molecular complexity index is 113. The highest BCUT2D eigenvalue weighted by molar-refractivity contribution is 5.66. The van der Waals surface area contributed by atoms with Gasteiger partial charge in [-0.1, -0.05) is 0 Å². The van der Waals surface area contributed by atoms with Gasteiger partial charge in [0.1, 0.15) is 0 Å². The van der Waals surface area contributed by atoms with Crippen molar-refractivity contribution in [2.45, 2.75) is 6.92 Å². The largest absolute Gasteiger partial charge is 0.332 e. The van der Waals surface area contributed by atoms with Crippen molar-refractivity contribution in [2.75, 3.05) is 0 Å². The second-order valence-electron chi connectivity index (χ2n) is 0.832. The van der Waals surface area contributed by atoms with E-state index in [0.717, 1.165) is 0 Å². The van der Waals surface area contributed by atoms with Crippen molar-refractivity contribution >= 4 is 11.8 Å². The molecule has 0 atom stereocenters. The molecule has 0 saturated heterocycles. The second kappa shape index (κ2) is 3.12. The molecule has 3 nitrogen and oxygen atoms in total. The van der Waals surface area contributed by atoms with Crippen LogP contribution in [0.1, 0.15) is 6.92 Å². The summed E-state index contributed by atoms with van der Waals surface area (Å²) in [5, 5.41) is 2.96. The molecule has 0 aromatic carbocycles. The lowest BCUT2D eigenvalue weighted by atomic mass is 10.8. The van der Waals surface area contributed by atoms with Crippen LogP contribution in [-0.4, -0.2) is 11.8 Å². The van der Waals surface area contributed by atoms with Crippen molar-refractivity contribution in [2.24, 2.45) is 5.16 Å². The van der Waals surface area contributed by atoms with E-state index in [9.17, 15) is 4.79 Å². The number of nitrogens with zero attached hydrogens (tertiary/aromatic N) is 1. The third-order valence-electron chi connectivity index (χ3n) is 0.239. The van der Waals surface area contributed by atoms with E-state index in [2.05, 4.69) is 16.6 Å². The Balaban J connectivity index is 3.32. The number of hydrogen-bond acceptors (Lipinski definition) is 3. The van der Waals surface area contributed by atoms with Gasteiger partial charge in [0, 0.05) is 12.8 Å². The SMILES string of the molecule is C=C=NOC(C)=O. The van der Waals surface area contributed by atoms with Gasteiger partial charge in [-0.3, -0.25) is 0 Å². The molecule has 0 bridgehead atoms. The fraction of sp³-hybridized carbons (Fsp3) is 0.250. The van der Waals surface area contributed by atoms with Crippen LogP contribution in [0.3, 0.4) is 0 Å². The van der Waals surface area contributed by atoms with Gasteiger partial charge in [-0.2, -0.15) is 0 Å². The highest BCUT2D eigenvalue weighted by Crippen LogP contribution is 1.70. The van der Waals surface area contributed by atoms with E-state index < -0.39 is 5.97 Å². The molecule has 0 aliphatic rings. The third kappa shape index (κ3) is 4.92. The normalized spacial score (nSPS) is 6.43. The summed E-state index contributed by atoms with van der Waals surface area (Å²) in [7, 11) is 0. The van der Waals surface area contributed by atoms with Gasteiger partial charge in [-0.05, 0) is 11.7 Å². The molecule has 0 fully saturated rings. The van der Waals surface area contributed by atoms with Crippen molar-refractivity contribution < 1.29 is 9.63 Å². The van der Waals surface area contributed by atoms with Gasteiger partial charge >= 0.3 is 5.97 Å². The summed E-state index contributed by atoms with van der Waals surface area (Å²) >= 11 is 0. The minimum Gasteiger partial charge on any atom is -0.310 e. The van der Waals surface area contributed by atoms with Gasteiger partial charge in [0.25, 0.3) is 0 Å². The molecule has 0 unspecified atom stereocenters. The Morgan fingerprint density at radius 1 is 2.00 bits per heavy atom. The van der Waals surface area contributed by atoms with Crippen molar-refractivity contribution in [1.82, 2.24) is 0 Å². The fourth-order valence-electron chi connectivity index (χ4n) is 0.0966. The van der Waals surface area contributed by atoms with Crippen LogP contribution in [0.4, 0.5) is 0 Å². The third-order valence-corrected chi connectivity index (χ3v) is 0.239. The van der Waals surface area contributed by atoms with Crippen LogP contribution in [0.5, 0.6) is 0 Å². The molecule has 0 spiro atoms. The predicted molar refractivity (Wildman–Crippen MR) is 24.8 cm³/mol. The molecule has 0 aromatic heterocycles. The lowest BCUT2D eigenvalue weighted by molar-refractivity contribution is -0.140. The molecule has 0 radical (unpaired) electrons. The first-order valence-corrected chi connectivity index (χ1v) is 1.67. The van der Waals surface area contributed by atoms with Gasteiger partial charge in [0.05, 0.1) is 0 Å². The van der Waals surface area contributed by atoms with Crippen molar-refractivity contribution in [3.63, 3.8) is 0 Å². The fourth-order valence-corrected chi connectivity index (χ4v) is 0.0966. The van der Waals surface area contributed by atoms with Gasteiger partial charge in [0.15, 0.2) is 0 Å². The molecule has 7 heavy (non-hydrogen) atoms. The monoisotopic (exact) mass is 99.0 g/mol.